The predicted molar refractivity (Wildman–Crippen MR) is 81.3 cm³/mol. The standard InChI is InChI=1S/C16H20ClNO/c1-19-13-15-8-11-18(12-9-15)10-2-3-14-4-6-16(17)7-5-14/h2-7,13H,8-12H2,1H3. The largest absolute Gasteiger partial charge is 0.504 e. The lowest BCUT2D eigenvalue weighted by Crippen LogP contribution is -2.30. The highest BCUT2D eigenvalue weighted by atomic mass is 35.5. The summed E-state index contributed by atoms with van der Waals surface area (Å²) >= 11 is 5.86. The first kappa shape index (κ1) is 14.2. The van der Waals surface area contributed by atoms with E-state index in [-0.39, 0.29) is 0 Å². The Labute approximate surface area is 120 Å². The third kappa shape index (κ3) is 4.73. The van der Waals surface area contributed by atoms with Crippen molar-refractivity contribution in [2.75, 3.05) is 26.7 Å². The molecule has 1 aliphatic heterocycles. The second-order valence-electron chi connectivity index (χ2n) is 4.77. The lowest BCUT2D eigenvalue weighted by atomic mass is 10.1. The van der Waals surface area contributed by atoms with Crippen molar-refractivity contribution in [2.45, 2.75) is 12.8 Å². The Morgan fingerprint density at radius 2 is 1.89 bits per heavy atom. The zero-order chi connectivity index (χ0) is 13.5. The monoisotopic (exact) mass is 277 g/mol. The predicted octanol–water partition coefficient (Wildman–Crippen LogP) is 3.98. The normalized spacial score (nSPS) is 16.8. The van der Waals surface area contributed by atoms with Crippen molar-refractivity contribution in [3.63, 3.8) is 0 Å². The van der Waals surface area contributed by atoms with Crippen LogP contribution in [0.2, 0.25) is 5.02 Å². The highest BCUT2D eigenvalue weighted by Crippen LogP contribution is 2.16. The van der Waals surface area contributed by atoms with E-state index in [0.717, 1.165) is 37.5 Å². The smallest absolute Gasteiger partial charge is 0.0817 e. The quantitative estimate of drug-likeness (QED) is 0.772. The summed E-state index contributed by atoms with van der Waals surface area (Å²) in [7, 11) is 1.72. The van der Waals surface area contributed by atoms with Crippen LogP contribution in [0.15, 0.2) is 42.2 Å². The molecule has 0 atom stereocenters. The Morgan fingerprint density at radius 3 is 2.53 bits per heavy atom. The first-order valence-corrected chi connectivity index (χ1v) is 7.01. The van der Waals surface area contributed by atoms with Crippen molar-refractivity contribution in [3.05, 3.63) is 52.8 Å². The van der Waals surface area contributed by atoms with E-state index in [2.05, 4.69) is 17.1 Å². The molecule has 0 radical (unpaired) electrons. The van der Waals surface area contributed by atoms with Crippen LogP contribution in [0.4, 0.5) is 0 Å². The Morgan fingerprint density at radius 1 is 1.21 bits per heavy atom. The molecule has 0 amide bonds. The summed E-state index contributed by atoms with van der Waals surface area (Å²) < 4.78 is 5.06. The topological polar surface area (TPSA) is 12.5 Å². The van der Waals surface area contributed by atoms with Crippen LogP contribution in [0.3, 0.4) is 0 Å². The summed E-state index contributed by atoms with van der Waals surface area (Å²) in [6, 6.07) is 7.91. The number of halogens is 1. The number of rotatable bonds is 4. The fourth-order valence-corrected chi connectivity index (χ4v) is 2.35. The van der Waals surface area contributed by atoms with Crippen molar-refractivity contribution in [1.82, 2.24) is 4.90 Å². The zero-order valence-corrected chi connectivity index (χ0v) is 12.1. The third-order valence-corrected chi connectivity index (χ3v) is 3.58. The SMILES string of the molecule is COC=C1CCN(CC=Cc2ccc(Cl)cc2)CC1. The van der Waals surface area contributed by atoms with Crippen molar-refractivity contribution < 1.29 is 4.74 Å². The number of nitrogens with zero attached hydrogens (tertiary/aromatic N) is 1. The molecule has 3 heteroatoms. The molecule has 0 unspecified atom stereocenters. The van der Waals surface area contributed by atoms with E-state index in [9.17, 15) is 0 Å². The second kappa shape index (κ2) is 7.37. The summed E-state index contributed by atoms with van der Waals surface area (Å²) in [5.41, 5.74) is 2.61. The van der Waals surface area contributed by atoms with Gasteiger partial charge in [-0.15, -0.1) is 0 Å². The van der Waals surface area contributed by atoms with Gasteiger partial charge in [0, 0.05) is 24.7 Å². The molecule has 0 spiro atoms. The Bertz CT molecular complexity index is 440. The first-order valence-electron chi connectivity index (χ1n) is 6.63. The minimum Gasteiger partial charge on any atom is -0.504 e. The van der Waals surface area contributed by atoms with Gasteiger partial charge in [-0.2, -0.15) is 0 Å². The molecule has 2 nitrogen and oxygen atoms in total. The fraction of sp³-hybridized carbons (Fsp3) is 0.375. The van der Waals surface area contributed by atoms with Gasteiger partial charge in [-0.3, -0.25) is 4.90 Å². The summed E-state index contributed by atoms with van der Waals surface area (Å²) in [4.78, 5) is 2.46. The molecule has 1 aromatic rings. The molecule has 0 aromatic heterocycles. The van der Waals surface area contributed by atoms with Gasteiger partial charge in [-0.25, -0.2) is 0 Å². The van der Waals surface area contributed by atoms with Crippen molar-refractivity contribution in [1.29, 1.82) is 0 Å². The number of piperidine rings is 1. The van der Waals surface area contributed by atoms with Crippen molar-refractivity contribution in [3.8, 4) is 0 Å². The molecule has 2 rings (SSSR count). The van der Waals surface area contributed by atoms with Gasteiger partial charge in [-0.05, 0) is 36.1 Å². The zero-order valence-electron chi connectivity index (χ0n) is 11.3. The van der Waals surface area contributed by atoms with E-state index in [4.69, 9.17) is 16.3 Å². The van der Waals surface area contributed by atoms with Gasteiger partial charge in [-0.1, -0.05) is 35.9 Å². The molecule has 1 fully saturated rings. The molecule has 19 heavy (non-hydrogen) atoms. The number of benzene rings is 1. The summed E-state index contributed by atoms with van der Waals surface area (Å²) in [6.45, 7) is 3.23. The number of hydrogen-bond acceptors (Lipinski definition) is 2. The summed E-state index contributed by atoms with van der Waals surface area (Å²) in [5.74, 6) is 0. The highest BCUT2D eigenvalue weighted by molar-refractivity contribution is 6.30. The maximum absolute atomic E-state index is 5.86. The lowest BCUT2D eigenvalue weighted by Gasteiger charge is -2.26. The molecule has 0 saturated carbocycles. The Balaban J connectivity index is 1.77. The van der Waals surface area contributed by atoms with Crippen LogP contribution in [0.1, 0.15) is 18.4 Å². The molecule has 1 saturated heterocycles. The van der Waals surface area contributed by atoms with Crippen LogP contribution in [-0.4, -0.2) is 31.6 Å². The molecule has 1 aliphatic rings. The minimum atomic E-state index is 0.783. The van der Waals surface area contributed by atoms with E-state index < -0.39 is 0 Å². The van der Waals surface area contributed by atoms with Crippen LogP contribution in [0.25, 0.3) is 6.08 Å². The minimum absolute atomic E-state index is 0.783. The van der Waals surface area contributed by atoms with E-state index in [1.165, 1.54) is 11.1 Å². The molecular weight excluding hydrogens is 258 g/mol. The maximum Gasteiger partial charge on any atom is 0.0817 e. The Hall–Kier alpha value is -1.25. The summed E-state index contributed by atoms with van der Waals surface area (Å²) in [6.07, 6.45) is 8.48. The van der Waals surface area contributed by atoms with Crippen LogP contribution in [0, 0.1) is 0 Å². The third-order valence-electron chi connectivity index (χ3n) is 3.33. The van der Waals surface area contributed by atoms with Gasteiger partial charge in [0.1, 0.15) is 0 Å². The van der Waals surface area contributed by atoms with Crippen LogP contribution >= 0.6 is 11.6 Å². The highest BCUT2D eigenvalue weighted by Gasteiger charge is 2.12. The molecule has 0 bridgehead atoms. The molecule has 0 aliphatic carbocycles. The molecular formula is C16H20ClNO. The molecule has 0 N–H and O–H groups in total. The van der Waals surface area contributed by atoms with Gasteiger partial charge in [0.15, 0.2) is 0 Å². The first-order chi connectivity index (χ1) is 9.28. The van der Waals surface area contributed by atoms with Gasteiger partial charge in [0.05, 0.1) is 13.4 Å². The number of ether oxygens (including phenoxy) is 1. The Kier molecular flexibility index (Phi) is 5.49. The number of hydrogen-bond donors (Lipinski definition) is 0. The van der Waals surface area contributed by atoms with E-state index >= 15 is 0 Å². The van der Waals surface area contributed by atoms with Gasteiger partial charge in [0.2, 0.25) is 0 Å². The van der Waals surface area contributed by atoms with E-state index in [1.54, 1.807) is 7.11 Å². The van der Waals surface area contributed by atoms with Gasteiger partial charge in [0.25, 0.3) is 0 Å². The average molecular weight is 278 g/mol. The van der Waals surface area contributed by atoms with Crippen LogP contribution in [-0.2, 0) is 4.74 Å². The van der Waals surface area contributed by atoms with Crippen molar-refractivity contribution in [2.24, 2.45) is 0 Å². The number of likely N-dealkylation sites (tertiary alicyclic amines) is 1. The summed E-state index contributed by atoms with van der Waals surface area (Å²) in [5, 5.41) is 0.783. The maximum atomic E-state index is 5.86. The van der Waals surface area contributed by atoms with Crippen LogP contribution < -0.4 is 0 Å². The van der Waals surface area contributed by atoms with Gasteiger partial charge < -0.3 is 4.74 Å². The van der Waals surface area contributed by atoms with E-state index in [1.807, 2.05) is 30.5 Å². The number of methoxy groups -OCH3 is 1. The molecule has 102 valence electrons. The van der Waals surface area contributed by atoms with E-state index in [0.29, 0.717) is 0 Å². The second-order valence-corrected chi connectivity index (χ2v) is 5.20. The van der Waals surface area contributed by atoms with Gasteiger partial charge >= 0.3 is 0 Å². The lowest BCUT2D eigenvalue weighted by molar-refractivity contribution is 0.270. The fourth-order valence-electron chi connectivity index (χ4n) is 2.22. The average Bonchev–Trinajstić information content (AvgIpc) is 2.43. The molecule has 1 aromatic carbocycles. The molecule has 1 heterocycles. The van der Waals surface area contributed by atoms with Crippen molar-refractivity contribution >= 4 is 17.7 Å². The van der Waals surface area contributed by atoms with Crippen LogP contribution in [0.5, 0.6) is 0 Å².